The van der Waals surface area contributed by atoms with E-state index in [9.17, 15) is 9.59 Å². The fourth-order valence-electron chi connectivity index (χ4n) is 2.19. The summed E-state index contributed by atoms with van der Waals surface area (Å²) in [4.78, 5) is 27.1. The first-order chi connectivity index (χ1) is 9.11. The molecule has 2 rings (SSSR count). The van der Waals surface area contributed by atoms with E-state index in [-0.39, 0.29) is 11.8 Å². The number of carbonyl (C=O) groups excluding carboxylic acids is 2. The van der Waals surface area contributed by atoms with Crippen molar-refractivity contribution in [3.05, 3.63) is 35.4 Å². The molecular weight excluding hydrogens is 264 g/mol. The van der Waals surface area contributed by atoms with Gasteiger partial charge in [0.1, 0.15) is 0 Å². The standard InChI is InChI=1S/C14H17ClN2O2/c1-11(18)16-5-7-17(8-6-16)14(19)13-4-2-3-12(9-13)10-15/h2-4,9H,5-8,10H2,1H3. The number of benzene rings is 1. The Morgan fingerprint density at radius 2 is 1.79 bits per heavy atom. The topological polar surface area (TPSA) is 40.6 Å². The minimum absolute atomic E-state index is 0.00942. The Morgan fingerprint density at radius 1 is 1.16 bits per heavy atom. The summed E-state index contributed by atoms with van der Waals surface area (Å²) in [7, 11) is 0. The lowest BCUT2D eigenvalue weighted by Crippen LogP contribution is -2.50. The van der Waals surface area contributed by atoms with E-state index in [0.29, 0.717) is 37.6 Å². The Balaban J connectivity index is 2.02. The van der Waals surface area contributed by atoms with Gasteiger partial charge in [0.2, 0.25) is 5.91 Å². The van der Waals surface area contributed by atoms with Gasteiger partial charge in [-0.15, -0.1) is 11.6 Å². The van der Waals surface area contributed by atoms with Gasteiger partial charge in [0, 0.05) is 44.5 Å². The smallest absolute Gasteiger partial charge is 0.253 e. The monoisotopic (exact) mass is 280 g/mol. The molecule has 1 aliphatic rings. The number of carbonyl (C=O) groups is 2. The first kappa shape index (κ1) is 13.9. The molecule has 1 aromatic carbocycles. The van der Waals surface area contributed by atoms with Gasteiger partial charge in [-0.1, -0.05) is 12.1 Å². The highest BCUT2D eigenvalue weighted by Gasteiger charge is 2.23. The third-order valence-electron chi connectivity index (χ3n) is 3.34. The molecule has 0 radical (unpaired) electrons. The minimum atomic E-state index is 0.00942. The molecule has 1 fully saturated rings. The van der Waals surface area contributed by atoms with Crippen molar-refractivity contribution in [1.82, 2.24) is 9.80 Å². The van der Waals surface area contributed by atoms with Crippen LogP contribution in [0.2, 0.25) is 0 Å². The number of nitrogens with zero attached hydrogens (tertiary/aromatic N) is 2. The number of hydrogen-bond donors (Lipinski definition) is 0. The maximum atomic E-state index is 12.3. The average Bonchev–Trinajstić information content (AvgIpc) is 2.46. The first-order valence-corrected chi connectivity index (χ1v) is 6.85. The van der Waals surface area contributed by atoms with Crippen LogP contribution >= 0.6 is 11.6 Å². The highest BCUT2D eigenvalue weighted by molar-refractivity contribution is 6.17. The van der Waals surface area contributed by atoms with Crippen LogP contribution in [0, 0.1) is 0 Å². The van der Waals surface area contributed by atoms with Gasteiger partial charge in [0.25, 0.3) is 5.91 Å². The number of hydrogen-bond acceptors (Lipinski definition) is 2. The second-order valence-electron chi connectivity index (χ2n) is 4.63. The van der Waals surface area contributed by atoms with Gasteiger partial charge in [-0.25, -0.2) is 0 Å². The molecule has 5 heteroatoms. The van der Waals surface area contributed by atoms with E-state index in [0.717, 1.165) is 5.56 Å². The number of halogens is 1. The van der Waals surface area contributed by atoms with Crippen LogP contribution in [0.4, 0.5) is 0 Å². The molecular formula is C14H17ClN2O2. The zero-order valence-electron chi connectivity index (χ0n) is 10.9. The third-order valence-corrected chi connectivity index (χ3v) is 3.65. The normalized spacial score (nSPS) is 15.5. The van der Waals surface area contributed by atoms with Crippen LogP contribution in [0.25, 0.3) is 0 Å². The molecule has 19 heavy (non-hydrogen) atoms. The van der Waals surface area contributed by atoms with Crippen LogP contribution < -0.4 is 0 Å². The van der Waals surface area contributed by atoms with Crippen LogP contribution in [0.15, 0.2) is 24.3 Å². The van der Waals surface area contributed by atoms with Crippen molar-refractivity contribution in [2.75, 3.05) is 26.2 Å². The SMILES string of the molecule is CC(=O)N1CCN(C(=O)c2cccc(CCl)c2)CC1. The van der Waals surface area contributed by atoms with Crippen LogP contribution in [-0.2, 0) is 10.7 Å². The van der Waals surface area contributed by atoms with Gasteiger partial charge in [-0.3, -0.25) is 9.59 Å². The molecule has 1 aromatic rings. The fraction of sp³-hybridized carbons (Fsp3) is 0.429. The predicted octanol–water partition coefficient (Wildman–Crippen LogP) is 1.73. The number of amides is 2. The molecule has 102 valence electrons. The average molecular weight is 281 g/mol. The lowest BCUT2D eigenvalue weighted by atomic mass is 10.1. The zero-order valence-corrected chi connectivity index (χ0v) is 11.7. The molecule has 0 unspecified atom stereocenters. The van der Waals surface area contributed by atoms with Crippen molar-refractivity contribution in [3.8, 4) is 0 Å². The Labute approximate surface area is 117 Å². The quantitative estimate of drug-likeness (QED) is 0.774. The summed E-state index contributed by atoms with van der Waals surface area (Å²) in [6, 6.07) is 7.37. The zero-order chi connectivity index (χ0) is 13.8. The Hall–Kier alpha value is -1.55. The van der Waals surface area contributed by atoms with Gasteiger partial charge >= 0.3 is 0 Å². The predicted molar refractivity (Wildman–Crippen MR) is 74.2 cm³/mol. The minimum Gasteiger partial charge on any atom is -0.339 e. The van der Waals surface area contributed by atoms with E-state index in [4.69, 9.17) is 11.6 Å². The van der Waals surface area contributed by atoms with Crippen molar-refractivity contribution in [2.45, 2.75) is 12.8 Å². The van der Waals surface area contributed by atoms with Crippen molar-refractivity contribution in [2.24, 2.45) is 0 Å². The van der Waals surface area contributed by atoms with Gasteiger partial charge in [-0.05, 0) is 17.7 Å². The second kappa shape index (κ2) is 6.06. The van der Waals surface area contributed by atoms with E-state index in [1.807, 2.05) is 18.2 Å². The number of rotatable bonds is 2. The molecule has 1 heterocycles. The van der Waals surface area contributed by atoms with Gasteiger partial charge in [-0.2, -0.15) is 0 Å². The second-order valence-corrected chi connectivity index (χ2v) is 4.90. The van der Waals surface area contributed by atoms with E-state index in [2.05, 4.69) is 0 Å². The van der Waals surface area contributed by atoms with Gasteiger partial charge in [0.05, 0.1) is 0 Å². The van der Waals surface area contributed by atoms with E-state index in [1.54, 1.807) is 22.8 Å². The summed E-state index contributed by atoms with van der Waals surface area (Å²) >= 11 is 5.77. The Morgan fingerprint density at radius 3 is 2.37 bits per heavy atom. The van der Waals surface area contributed by atoms with Crippen molar-refractivity contribution in [1.29, 1.82) is 0 Å². The van der Waals surface area contributed by atoms with E-state index >= 15 is 0 Å². The summed E-state index contributed by atoms with van der Waals surface area (Å²) in [5.41, 5.74) is 1.60. The van der Waals surface area contributed by atoms with Crippen LogP contribution in [0.1, 0.15) is 22.8 Å². The molecule has 0 spiro atoms. The summed E-state index contributed by atoms with van der Waals surface area (Å²) in [6.07, 6.45) is 0. The van der Waals surface area contributed by atoms with Crippen LogP contribution in [0.5, 0.6) is 0 Å². The maximum absolute atomic E-state index is 12.3. The van der Waals surface area contributed by atoms with Gasteiger partial charge in [0.15, 0.2) is 0 Å². The molecule has 0 atom stereocenters. The molecule has 0 bridgehead atoms. The lowest BCUT2D eigenvalue weighted by molar-refractivity contribution is -0.130. The summed E-state index contributed by atoms with van der Waals surface area (Å²) in [6.45, 7) is 3.95. The van der Waals surface area contributed by atoms with E-state index in [1.165, 1.54) is 0 Å². The van der Waals surface area contributed by atoms with Crippen molar-refractivity contribution in [3.63, 3.8) is 0 Å². The maximum Gasteiger partial charge on any atom is 0.253 e. The third kappa shape index (κ3) is 3.26. The highest BCUT2D eigenvalue weighted by atomic mass is 35.5. The Bertz CT molecular complexity index is 482. The molecule has 0 saturated carbocycles. The van der Waals surface area contributed by atoms with E-state index < -0.39 is 0 Å². The van der Waals surface area contributed by atoms with Crippen molar-refractivity contribution >= 4 is 23.4 Å². The van der Waals surface area contributed by atoms with Crippen LogP contribution in [0.3, 0.4) is 0 Å². The molecule has 0 aromatic heterocycles. The molecule has 1 saturated heterocycles. The largest absolute Gasteiger partial charge is 0.339 e. The lowest BCUT2D eigenvalue weighted by Gasteiger charge is -2.34. The summed E-state index contributed by atoms with van der Waals surface area (Å²) in [5.74, 6) is 0.477. The first-order valence-electron chi connectivity index (χ1n) is 6.31. The molecule has 4 nitrogen and oxygen atoms in total. The number of alkyl halides is 1. The fourth-order valence-corrected chi connectivity index (χ4v) is 2.36. The molecule has 2 amide bonds. The molecule has 1 aliphatic heterocycles. The summed E-state index contributed by atoms with van der Waals surface area (Å²) in [5, 5.41) is 0. The Kier molecular flexibility index (Phi) is 4.43. The molecule has 0 aliphatic carbocycles. The van der Waals surface area contributed by atoms with Crippen LogP contribution in [-0.4, -0.2) is 47.8 Å². The molecule has 0 N–H and O–H groups in total. The summed E-state index contributed by atoms with van der Waals surface area (Å²) < 4.78 is 0. The highest BCUT2D eigenvalue weighted by Crippen LogP contribution is 2.12. The van der Waals surface area contributed by atoms with Crippen molar-refractivity contribution < 1.29 is 9.59 Å². The van der Waals surface area contributed by atoms with Gasteiger partial charge < -0.3 is 9.80 Å². The number of piperazine rings is 1.